The van der Waals surface area contributed by atoms with Gasteiger partial charge in [0.2, 0.25) is 5.91 Å². The highest BCUT2D eigenvalue weighted by atomic mass is 16.7. The Morgan fingerprint density at radius 1 is 0.625 bits per heavy atom. The molecule has 1 aliphatic rings. The summed E-state index contributed by atoms with van der Waals surface area (Å²) in [6.45, 7) is 3.81. The minimum absolute atomic E-state index is 0.133. The molecule has 9 heteroatoms. The zero-order valence-electron chi connectivity index (χ0n) is 31.0. The molecule has 0 aliphatic carbocycles. The first-order valence-corrected chi connectivity index (χ1v) is 20.2. The molecule has 48 heavy (non-hydrogen) atoms. The van der Waals surface area contributed by atoms with Crippen molar-refractivity contribution in [1.29, 1.82) is 0 Å². The van der Waals surface area contributed by atoms with Gasteiger partial charge in [0.15, 0.2) is 6.29 Å². The number of carbonyl (C=O) groups is 1. The van der Waals surface area contributed by atoms with Gasteiger partial charge in [0, 0.05) is 6.42 Å². The molecular weight excluding hydrogens is 610 g/mol. The van der Waals surface area contributed by atoms with Crippen LogP contribution < -0.4 is 5.32 Å². The highest BCUT2D eigenvalue weighted by Gasteiger charge is 2.44. The van der Waals surface area contributed by atoms with Crippen LogP contribution in [0.15, 0.2) is 0 Å². The van der Waals surface area contributed by atoms with E-state index in [9.17, 15) is 30.3 Å². The third-order valence-electron chi connectivity index (χ3n) is 9.96. The summed E-state index contributed by atoms with van der Waals surface area (Å²) >= 11 is 0. The smallest absolute Gasteiger partial charge is 0.220 e. The molecule has 1 rings (SSSR count). The molecule has 0 radical (unpaired) electrons. The summed E-state index contributed by atoms with van der Waals surface area (Å²) in [5.74, 6) is -0.144. The van der Waals surface area contributed by atoms with Crippen molar-refractivity contribution in [2.24, 2.45) is 0 Å². The van der Waals surface area contributed by atoms with Gasteiger partial charge in [0.25, 0.3) is 0 Å². The van der Waals surface area contributed by atoms with Crippen LogP contribution in [-0.4, -0.2) is 87.5 Å². The second-order valence-electron chi connectivity index (χ2n) is 14.4. The Bertz CT molecular complexity index is 726. The number of unbranched alkanes of at least 4 members (excludes halogenated alkanes) is 23. The number of rotatable bonds is 33. The first-order chi connectivity index (χ1) is 23.3. The maximum absolute atomic E-state index is 12.9. The fourth-order valence-corrected chi connectivity index (χ4v) is 6.63. The van der Waals surface area contributed by atoms with Crippen molar-refractivity contribution >= 4 is 5.91 Å². The molecule has 2 unspecified atom stereocenters. The van der Waals surface area contributed by atoms with Crippen LogP contribution in [0.2, 0.25) is 0 Å². The molecule has 1 heterocycles. The molecule has 1 saturated heterocycles. The number of ether oxygens (including phenoxy) is 2. The average Bonchev–Trinajstić information content (AvgIpc) is 3.08. The zero-order chi connectivity index (χ0) is 35.2. The molecule has 7 atom stereocenters. The Kier molecular flexibility index (Phi) is 29.2. The molecule has 1 amide bonds. The van der Waals surface area contributed by atoms with E-state index in [0.29, 0.717) is 12.8 Å². The highest BCUT2D eigenvalue weighted by molar-refractivity contribution is 5.76. The van der Waals surface area contributed by atoms with Gasteiger partial charge < -0.3 is 40.3 Å². The summed E-state index contributed by atoms with van der Waals surface area (Å²) < 4.78 is 11.2. The summed E-state index contributed by atoms with van der Waals surface area (Å²) in [6.07, 6.45) is 23.9. The van der Waals surface area contributed by atoms with E-state index in [0.717, 1.165) is 38.5 Å². The van der Waals surface area contributed by atoms with Crippen LogP contribution in [0.1, 0.15) is 187 Å². The lowest BCUT2D eigenvalue weighted by atomic mass is 9.99. The quantitative estimate of drug-likeness (QED) is 0.0396. The molecule has 286 valence electrons. The van der Waals surface area contributed by atoms with E-state index in [4.69, 9.17) is 9.47 Å². The molecule has 0 spiro atoms. The monoisotopic (exact) mass is 688 g/mol. The fourth-order valence-electron chi connectivity index (χ4n) is 6.63. The summed E-state index contributed by atoms with van der Waals surface area (Å²) in [5, 5.41) is 54.1. The van der Waals surface area contributed by atoms with E-state index < -0.39 is 49.5 Å². The number of amides is 1. The van der Waals surface area contributed by atoms with Crippen molar-refractivity contribution in [3.05, 3.63) is 0 Å². The minimum Gasteiger partial charge on any atom is -0.394 e. The van der Waals surface area contributed by atoms with Gasteiger partial charge in [-0.2, -0.15) is 0 Å². The number of hydrogen-bond acceptors (Lipinski definition) is 8. The van der Waals surface area contributed by atoms with Crippen LogP contribution in [0.25, 0.3) is 0 Å². The predicted octanol–water partition coefficient (Wildman–Crippen LogP) is 7.22. The van der Waals surface area contributed by atoms with E-state index in [1.807, 2.05) is 0 Å². The van der Waals surface area contributed by atoms with Crippen molar-refractivity contribution in [3.63, 3.8) is 0 Å². The molecule has 0 aromatic rings. The molecular formula is C39H77NO8. The SMILES string of the molecule is CCCCCCCCCCCCCCCCC(=O)N[C@@H](CO[C@@H]1O[C@H](CO)[C@@H](O)C(O)C1O)[C@H](O)CCCCCCCCCCCCC. The van der Waals surface area contributed by atoms with Gasteiger partial charge in [-0.05, 0) is 12.8 Å². The van der Waals surface area contributed by atoms with E-state index in [1.165, 1.54) is 122 Å². The van der Waals surface area contributed by atoms with Crippen molar-refractivity contribution in [2.45, 2.75) is 230 Å². The molecule has 0 saturated carbocycles. The maximum atomic E-state index is 12.9. The van der Waals surface area contributed by atoms with Crippen molar-refractivity contribution in [2.75, 3.05) is 13.2 Å². The lowest BCUT2D eigenvalue weighted by molar-refractivity contribution is -0.302. The normalized spacial score (nSPS) is 22.5. The number of aliphatic hydroxyl groups is 5. The van der Waals surface area contributed by atoms with E-state index >= 15 is 0 Å². The summed E-state index contributed by atoms with van der Waals surface area (Å²) in [5.41, 5.74) is 0. The maximum Gasteiger partial charge on any atom is 0.220 e. The van der Waals surface area contributed by atoms with Gasteiger partial charge in [0.1, 0.15) is 24.4 Å². The van der Waals surface area contributed by atoms with Crippen LogP contribution in [0, 0.1) is 0 Å². The topological polar surface area (TPSA) is 149 Å². The van der Waals surface area contributed by atoms with Crippen LogP contribution >= 0.6 is 0 Å². The van der Waals surface area contributed by atoms with Crippen LogP contribution in [-0.2, 0) is 14.3 Å². The van der Waals surface area contributed by atoms with Crippen LogP contribution in [0.3, 0.4) is 0 Å². The van der Waals surface area contributed by atoms with Crippen LogP contribution in [0.4, 0.5) is 0 Å². The Hall–Kier alpha value is -0.810. The fraction of sp³-hybridized carbons (Fsp3) is 0.974. The van der Waals surface area contributed by atoms with Gasteiger partial charge in [-0.1, -0.05) is 168 Å². The van der Waals surface area contributed by atoms with Crippen molar-refractivity contribution in [3.8, 4) is 0 Å². The number of carbonyl (C=O) groups excluding carboxylic acids is 1. The van der Waals surface area contributed by atoms with Crippen molar-refractivity contribution < 1.29 is 39.8 Å². The average molecular weight is 688 g/mol. The Morgan fingerprint density at radius 3 is 1.48 bits per heavy atom. The minimum atomic E-state index is -1.55. The lowest BCUT2D eigenvalue weighted by Crippen LogP contribution is -2.60. The predicted molar refractivity (Wildman–Crippen MR) is 194 cm³/mol. The third kappa shape index (κ3) is 22.1. The first-order valence-electron chi connectivity index (χ1n) is 20.2. The second kappa shape index (κ2) is 31.0. The van der Waals surface area contributed by atoms with E-state index in [1.54, 1.807) is 0 Å². The highest BCUT2D eigenvalue weighted by Crippen LogP contribution is 2.23. The summed E-state index contributed by atoms with van der Waals surface area (Å²) in [6, 6.07) is -0.709. The van der Waals surface area contributed by atoms with Gasteiger partial charge in [0.05, 0.1) is 25.4 Å². The van der Waals surface area contributed by atoms with Gasteiger partial charge in [-0.3, -0.25) is 4.79 Å². The molecule has 9 nitrogen and oxygen atoms in total. The van der Waals surface area contributed by atoms with Crippen LogP contribution in [0.5, 0.6) is 0 Å². The standard InChI is InChI=1S/C39H77NO8/c1-3-5-7-9-11-13-15-16-17-19-21-23-25-27-29-35(43)40-32(31-47-39-38(46)37(45)36(44)34(30-41)48-39)33(42)28-26-24-22-20-18-14-12-10-8-6-4-2/h32-34,36-39,41-42,44-46H,3-31H2,1-2H3,(H,40,43)/t32-,33+,34+,36+,37?,38?,39+/m0/s1. The lowest BCUT2D eigenvalue weighted by Gasteiger charge is -2.40. The number of hydrogen-bond donors (Lipinski definition) is 6. The second-order valence-corrected chi connectivity index (χ2v) is 14.4. The molecule has 1 aliphatic heterocycles. The Balaban J connectivity index is 2.38. The molecule has 6 N–H and O–H groups in total. The van der Waals surface area contributed by atoms with Gasteiger partial charge in [-0.15, -0.1) is 0 Å². The Morgan fingerprint density at radius 2 is 1.04 bits per heavy atom. The Labute approximate surface area is 294 Å². The summed E-state index contributed by atoms with van der Waals surface area (Å²) in [4.78, 5) is 12.9. The largest absolute Gasteiger partial charge is 0.394 e. The first kappa shape index (κ1) is 45.2. The molecule has 0 aromatic heterocycles. The molecule has 0 aromatic carbocycles. The van der Waals surface area contributed by atoms with Gasteiger partial charge in [-0.25, -0.2) is 0 Å². The molecule has 0 bridgehead atoms. The van der Waals surface area contributed by atoms with E-state index in [2.05, 4.69) is 19.2 Å². The summed E-state index contributed by atoms with van der Waals surface area (Å²) in [7, 11) is 0. The van der Waals surface area contributed by atoms with Gasteiger partial charge >= 0.3 is 0 Å². The van der Waals surface area contributed by atoms with Crippen molar-refractivity contribution in [1.82, 2.24) is 5.32 Å². The third-order valence-corrected chi connectivity index (χ3v) is 9.96. The number of aliphatic hydroxyl groups excluding tert-OH is 5. The zero-order valence-corrected chi connectivity index (χ0v) is 31.0. The number of nitrogens with one attached hydrogen (secondary N) is 1. The van der Waals surface area contributed by atoms with E-state index in [-0.39, 0.29) is 12.5 Å². The molecule has 1 fully saturated rings.